The van der Waals surface area contributed by atoms with Gasteiger partial charge in [-0.2, -0.15) is 5.10 Å². The van der Waals surface area contributed by atoms with E-state index in [1.807, 2.05) is 12.1 Å². The van der Waals surface area contributed by atoms with Crippen LogP contribution in [0.1, 0.15) is 34.6 Å². The van der Waals surface area contributed by atoms with Crippen molar-refractivity contribution in [2.45, 2.75) is 26.2 Å². The predicted molar refractivity (Wildman–Crippen MR) is 76.3 cm³/mol. The van der Waals surface area contributed by atoms with Crippen LogP contribution in [0.15, 0.2) is 18.2 Å². The topological polar surface area (TPSA) is 57.8 Å². The molecule has 2 heterocycles. The van der Waals surface area contributed by atoms with Gasteiger partial charge >= 0.3 is 0 Å². The van der Waals surface area contributed by atoms with Crippen LogP contribution in [0.2, 0.25) is 0 Å². The number of amides is 1. The van der Waals surface area contributed by atoms with Crippen LogP contribution in [-0.4, -0.2) is 22.6 Å². The number of carbonyl (C=O) groups excluding carboxylic acids is 1. The first-order valence-corrected chi connectivity index (χ1v) is 7.44. The van der Waals surface area contributed by atoms with Crippen molar-refractivity contribution in [3.8, 4) is 10.6 Å². The minimum absolute atomic E-state index is 0.0809. The van der Waals surface area contributed by atoms with Gasteiger partial charge in [0.25, 0.3) is 5.91 Å². The van der Waals surface area contributed by atoms with Crippen molar-refractivity contribution in [1.82, 2.24) is 15.5 Å². The van der Waals surface area contributed by atoms with Gasteiger partial charge in [0.1, 0.15) is 0 Å². The van der Waals surface area contributed by atoms with Crippen molar-refractivity contribution >= 4 is 17.2 Å². The van der Waals surface area contributed by atoms with Crippen LogP contribution in [0.3, 0.4) is 0 Å². The van der Waals surface area contributed by atoms with Gasteiger partial charge in [-0.25, -0.2) is 0 Å². The minimum Gasteiger partial charge on any atom is -0.350 e. The molecule has 1 fully saturated rings. The number of H-pyrrole nitrogens is 1. The number of aromatic amines is 1. The first kappa shape index (κ1) is 12.4. The highest BCUT2D eigenvalue weighted by atomic mass is 32.1. The molecule has 5 heteroatoms. The van der Waals surface area contributed by atoms with Crippen molar-refractivity contribution in [2.75, 3.05) is 6.54 Å². The number of nitrogens with one attached hydrogen (secondary N) is 2. The number of aromatic nitrogens is 2. The van der Waals surface area contributed by atoms with Crippen LogP contribution >= 0.6 is 11.3 Å². The van der Waals surface area contributed by atoms with Gasteiger partial charge in [0.05, 0.1) is 10.6 Å². The third-order valence-corrected chi connectivity index (χ3v) is 4.63. The lowest BCUT2D eigenvalue weighted by Crippen LogP contribution is -2.32. The quantitative estimate of drug-likeness (QED) is 0.901. The lowest BCUT2D eigenvalue weighted by atomic mass is 9.85. The zero-order valence-electron chi connectivity index (χ0n) is 10.9. The fourth-order valence-corrected chi connectivity index (χ4v) is 3.00. The highest BCUT2D eigenvalue weighted by Crippen LogP contribution is 2.27. The minimum atomic E-state index is -0.0809. The van der Waals surface area contributed by atoms with E-state index in [1.54, 1.807) is 11.3 Å². The van der Waals surface area contributed by atoms with Gasteiger partial charge < -0.3 is 5.32 Å². The van der Waals surface area contributed by atoms with Crippen LogP contribution < -0.4 is 5.32 Å². The Labute approximate surface area is 116 Å². The van der Waals surface area contributed by atoms with Crippen molar-refractivity contribution in [3.63, 3.8) is 0 Å². The number of aryl methyl sites for hydroxylation is 1. The number of hydrogen-bond donors (Lipinski definition) is 2. The molecule has 19 heavy (non-hydrogen) atoms. The van der Waals surface area contributed by atoms with E-state index in [0.29, 0.717) is 11.6 Å². The molecule has 1 aliphatic carbocycles. The Bertz CT molecular complexity index is 583. The Morgan fingerprint density at radius 2 is 2.37 bits per heavy atom. The van der Waals surface area contributed by atoms with Gasteiger partial charge in [0.15, 0.2) is 5.69 Å². The first-order valence-electron chi connectivity index (χ1n) is 6.63. The van der Waals surface area contributed by atoms with Gasteiger partial charge in [-0.1, -0.05) is 6.42 Å². The fourth-order valence-electron chi connectivity index (χ4n) is 2.17. The van der Waals surface area contributed by atoms with Gasteiger partial charge in [0.2, 0.25) is 0 Å². The van der Waals surface area contributed by atoms with Crippen LogP contribution in [-0.2, 0) is 0 Å². The van der Waals surface area contributed by atoms with E-state index in [0.717, 1.165) is 17.1 Å². The first-order chi connectivity index (χ1) is 9.22. The zero-order valence-corrected chi connectivity index (χ0v) is 11.7. The lowest BCUT2D eigenvalue weighted by molar-refractivity contribution is 0.0934. The van der Waals surface area contributed by atoms with E-state index in [9.17, 15) is 4.79 Å². The Balaban J connectivity index is 1.64. The summed E-state index contributed by atoms with van der Waals surface area (Å²) in [5, 5.41) is 9.98. The summed E-state index contributed by atoms with van der Waals surface area (Å²) in [7, 11) is 0. The molecular formula is C14H17N3OS. The summed E-state index contributed by atoms with van der Waals surface area (Å²) in [5.74, 6) is 0.588. The molecule has 0 aromatic carbocycles. The second-order valence-corrected chi connectivity index (χ2v) is 6.37. The number of hydrogen-bond acceptors (Lipinski definition) is 3. The van der Waals surface area contributed by atoms with Crippen LogP contribution in [0, 0.1) is 12.8 Å². The Kier molecular flexibility index (Phi) is 3.38. The standard InChI is InChI=1S/C14H17N3OS/c1-9-5-6-13(19-9)11-7-12(17-16-11)14(18)15-8-10-3-2-4-10/h5-7,10H,2-4,8H2,1H3,(H,15,18)(H,16,17). The second-order valence-electron chi connectivity index (χ2n) is 5.08. The summed E-state index contributed by atoms with van der Waals surface area (Å²) < 4.78 is 0. The Morgan fingerprint density at radius 1 is 1.53 bits per heavy atom. The normalized spacial score (nSPS) is 15.2. The summed E-state index contributed by atoms with van der Waals surface area (Å²) >= 11 is 1.69. The van der Waals surface area contributed by atoms with Crippen LogP contribution in [0.4, 0.5) is 0 Å². The molecule has 0 atom stereocenters. The Hall–Kier alpha value is -1.62. The van der Waals surface area contributed by atoms with Gasteiger partial charge in [-0.15, -0.1) is 11.3 Å². The highest BCUT2D eigenvalue weighted by molar-refractivity contribution is 7.15. The third-order valence-electron chi connectivity index (χ3n) is 3.59. The monoisotopic (exact) mass is 275 g/mol. The molecule has 0 aliphatic heterocycles. The summed E-state index contributed by atoms with van der Waals surface area (Å²) in [4.78, 5) is 14.3. The van der Waals surface area contributed by atoms with Gasteiger partial charge in [-0.3, -0.25) is 9.89 Å². The van der Waals surface area contributed by atoms with Crippen LogP contribution in [0.5, 0.6) is 0 Å². The number of carbonyl (C=O) groups is 1. The maximum atomic E-state index is 11.9. The maximum Gasteiger partial charge on any atom is 0.271 e. The highest BCUT2D eigenvalue weighted by Gasteiger charge is 2.19. The molecule has 0 unspecified atom stereocenters. The smallest absolute Gasteiger partial charge is 0.271 e. The number of nitrogens with zero attached hydrogens (tertiary/aromatic N) is 1. The molecular weight excluding hydrogens is 258 g/mol. The maximum absolute atomic E-state index is 11.9. The molecule has 100 valence electrons. The summed E-state index contributed by atoms with van der Waals surface area (Å²) in [6.45, 7) is 2.84. The molecule has 1 saturated carbocycles. The molecule has 2 aromatic rings. The van der Waals surface area contributed by atoms with E-state index < -0.39 is 0 Å². The lowest BCUT2D eigenvalue weighted by Gasteiger charge is -2.25. The Morgan fingerprint density at radius 3 is 3.00 bits per heavy atom. The van der Waals surface area contributed by atoms with E-state index >= 15 is 0 Å². The third kappa shape index (κ3) is 2.71. The number of rotatable bonds is 4. The van der Waals surface area contributed by atoms with E-state index in [1.165, 1.54) is 24.1 Å². The SMILES string of the molecule is Cc1ccc(-c2cc(C(=O)NCC3CCC3)n[nH]2)s1. The molecule has 0 bridgehead atoms. The summed E-state index contributed by atoms with van der Waals surface area (Å²) in [6, 6.07) is 5.93. The summed E-state index contributed by atoms with van der Waals surface area (Å²) in [5.41, 5.74) is 1.38. The van der Waals surface area contributed by atoms with E-state index in [4.69, 9.17) is 0 Å². The largest absolute Gasteiger partial charge is 0.350 e. The molecule has 4 nitrogen and oxygen atoms in total. The fraction of sp³-hybridized carbons (Fsp3) is 0.429. The zero-order chi connectivity index (χ0) is 13.2. The average molecular weight is 275 g/mol. The van der Waals surface area contributed by atoms with Crippen molar-refractivity contribution in [2.24, 2.45) is 5.92 Å². The van der Waals surface area contributed by atoms with Gasteiger partial charge in [0, 0.05) is 11.4 Å². The summed E-state index contributed by atoms with van der Waals surface area (Å²) in [6.07, 6.45) is 3.77. The van der Waals surface area contributed by atoms with Crippen LogP contribution in [0.25, 0.3) is 10.6 Å². The second kappa shape index (κ2) is 5.17. The molecule has 3 rings (SSSR count). The molecule has 2 N–H and O–H groups in total. The van der Waals surface area contributed by atoms with Gasteiger partial charge in [-0.05, 0) is 43.9 Å². The van der Waals surface area contributed by atoms with Crippen molar-refractivity contribution < 1.29 is 4.79 Å². The molecule has 0 radical (unpaired) electrons. The van der Waals surface area contributed by atoms with E-state index in [2.05, 4.69) is 28.5 Å². The average Bonchev–Trinajstić information content (AvgIpc) is 2.94. The number of thiophene rings is 1. The van der Waals surface area contributed by atoms with Crippen molar-refractivity contribution in [3.05, 3.63) is 28.8 Å². The molecule has 0 saturated heterocycles. The van der Waals surface area contributed by atoms with Crippen molar-refractivity contribution in [1.29, 1.82) is 0 Å². The molecule has 1 amide bonds. The molecule has 1 aliphatic rings. The molecule has 2 aromatic heterocycles. The van der Waals surface area contributed by atoms with E-state index in [-0.39, 0.29) is 5.91 Å². The predicted octanol–water partition coefficient (Wildman–Crippen LogP) is 2.98. The molecule has 0 spiro atoms.